The second-order valence-electron chi connectivity index (χ2n) is 22.6. The number of hydrogen-bond donors (Lipinski definition) is 1. The standard InChI is InChI=1S/C58H92O19S/c1-31-21-23-42(24-22-31)78(60,61)68-30-43-48(59)33(3)36(6)55(70-43)74-51-38(8)54(66-15)58(73-45(51)27-63-12)77-50-35(5)37(7)56(71-44(50)26-62-11)75-52-39(9)53(65-14)57(72-46(52)28-64-13)76-49-34(4)32(2)40(10)69-47(49)29-67-25-41-19-17-16-18-20-41/h16-24,32-40,43-59H,25-30H2,1-15H3/t32?,33-,34-,35?,36?,37?,38+,39?,40+,43?,44-,45?,46-,47?,48-,49-,50+,51-,52+,53?,54?,55+,56-,57-,58+/m1/s1. The Morgan fingerprint density at radius 2 is 0.872 bits per heavy atom. The van der Waals surface area contributed by atoms with Crippen LogP contribution in [0.25, 0.3) is 0 Å². The van der Waals surface area contributed by atoms with Crippen molar-refractivity contribution in [2.45, 2.75) is 185 Å². The largest absolute Gasteiger partial charge is 0.390 e. The van der Waals surface area contributed by atoms with Crippen molar-refractivity contribution < 1.29 is 88.8 Å². The zero-order valence-corrected chi connectivity index (χ0v) is 49.4. The lowest BCUT2D eigenvalue weighted by molar-refractivity contribution is -0.376. The molecule has 5 aliphatic heterocycles. The second kappa shape index (κ2) is 28.8. The topological polar surface area (TPSA) is 202 Å². The van der Waals surface area contributed by atoms with Gasteiger partial charge in [-0.15, -0.1) is 0 Å². The molecule has 7 rings (SSSR count). The van der Waals surface area contributed by atoms with Crippen molar-refractivity contribution in [3.63, 3.8) is 0 Å². The highest BCUT2D eigenvalue weighted by Gasteiger charge is 2.55. The summed E-state index contributed by atoms with van der Waals surface area (Å²) in [5.41, 5.74) is 1.99. The van der Waals surface area contributed by atoms with Crippen LogP contribution in [-0.4, -0.2) is 187 Å². The molecule has 10 unspecified atom stereocenters. The average Bonchev–Trinajstić information content (AvgIpc) is 3.50. The van der Waals surface area contributed by atoms with Gasteiger partial charge in [-0.05, 0) is 55.2 Å². The van der Waals surface area contributed by atoms with E-state index in [-0.39, 0.29) is 90.4 Å². The monoisotopic (exact) mass is 1120 g/mol. The molecule has 0 aromatic heterocycles. The van der Waals surface area contributed by atoms with Gasteiger partial charge >= 0.3 is 0 Å². The number of aryl methyl sites for hydroxylation is 1. The fourth-order valence-corrected chi connectivity index (χ4v) is 12.8. The van der Waals surface area contributed by atoms with E-state index < -0.39 is 103 Å². The van der Waals surface area contributed by atoms with Crippen LogP contribution in [0.1, 0.15) is 73.4 Å². The highest BCUT2D eigenvalue weighted by molar-refractivity contribution is 7.86. The van der Waals surface area contributed by atoms with Crippen molar-refractivity contribution in [1.29, 1.82) is 0 Å². The average molecular weight is 1130 g/mol. The van der Waals surface area contributed by atoms with Crippen LogP contribution in [0.5, 0.6) is 0 Å². The minimum atomic E-state index is -4.13. The maximum atomic E-state index is 13.1. The Morgan fingerprint density at radius 3 is 1.36 bits per heavy atom. The van der Waals surface area contributed by atoms with Gasteiger partial charge in [0.05, 0.1) is 81.2 Å². The normalized spacial score (nSPS) is 41.7. The molecule has 0 amide bonds. The van der Waals surface area contributed by atoms with Crippen molar-refractivity contribution >= 4 is 10.1 Å². The third-order valence-corrected chi connectivity index (χ3v) is 18.8. The van der Waals surface area contributed by atoms with Gasteiger partial charge in [0.15, 0.2) is 25.2 Å². The van der Waals surface area contributed by atoms with Crippen LogP contribution < -0.4 is 0 Å². The van der Waals surface area contributed by atoms with Gasteiger partial charge < -0.3 is 76.2 Å². The Kier molecular flexibility index (Phi) is 23.4. The summed E-state index contributed by atoms with van der Waals surface area (Å²) in [5, 5.41) is 11.3. The molecule has 19 nitrogen and oxygen atoms in total. The summed E-state index contributed by atoms with van der Waals surface area (Å²) in [4.78, 5) is 0.0118. The first-order valence-corrected chi connectivity index (χ1v) is 29.3. The summed E-state index contributed by atoms with van der Waals surface area (Å²) >= 11 is 0. The van der Waals surface area contributed by atoms with Gasteiger partial charge in [0.25, 0.3) is 10.1 Å². The molecule has 78 heavy (non-hydrogen) atoms. The van der Waals surface area contributed by atoms with Gasteiger partial charge in [0.1, 0.15) is 42.7 Å². The number of ether oxygens (including phenoxy) is 15. The van der Waals surface area contributed by atoms with Crippen molar-refractivity contribution in [3.8, 4) is 0 Å². The predicted octanol–water partition coefficient (Wildman–Crippen LogP) is 6.56. The van der Waals surface area contributed by atoms with E-state index in [1.54, 1.807) is 47.7 Å². The third kappa shape index (κ3) is 14.7. The van der Waals surface area contributed by atoms with Crippen molar-refractivity contribution in [2.24, 2.45) is 47.3 Å². The molecule has 0 bridgehead atoms. The SMILES string of the molecule is COCC1O[C@@H](O[C@H]2C(C)C(C)[C@@H](O[C@H]3C(C)C(OC)[C@@H](O[C@H]4C(COCc5ccccc5)O[C@@H](C)C(C)[C@H]4C)O[C@@H]3COC)O[C@@H]2COC)C(OC)[C@@H](C)[C@H]1O[C@@H]1OC(COS(=O)(=O)c2ccc(C)cc2)[C@H](O)[C@H](C)C1C. The number of methoxy groups -OCH3 is 5. The maximum Gasteiger partial charge on any atom is 0.297 e. The van der Waals surface area contributed by atoms with E-state index in [9.17, 15) is 13.5 Å². The fraction of sp³-hybridized carbons (Fsp3) is 0.793. The van der Waals surface area contributed by atoms with Crippen LogP contribution >= 0.6 is 0 Å². The molecule has 0 radical (unpaired) electrons. The number of hydrogen-bond acceptors (Lipinski definition) is 19. The van der Waals surface area contributed by atoms with Gasteiger partial charge in [-0.3, -0.25) is 4.18 Å². The van der Waals surface area contributed by atoms with Crippen LogP contribution in [0.2, 0.25) is 0 Å². The fourth-order valence-electron chi connectivity index (χ4n) is 11.9. The zero-order chi connectivity index (χ0) is 56.6. The van der Waals surface area contributed by atoms with Gasteiger partial charge in [0, 0.05) is 59.2 Å². The molecule has 444 valence electrons. The lowest BCUT2D eigenvalue weighted by Crippen LogP contribution is -2.63. The Bertz CT molecular complexity index is 2190. The molecular formula is C58H92O19S. The van der Waals surface area contributed by atoms with Gasteiger partial charge in [-0.1, -0.05) is 103 Å². The Balaban J connectivity index is 1.02. The molecule has 5 heterocycles. The summed E-state index contributed by atoms with van der Waals surface area (Å²) in [6, 6.07) is 16.4. The lowest BCUT2D eigenvalue weighted by atomic mass is 9.81. The summed E-state index contributed by atoms with van der Waals surface area (Å²) in [5.74, 6) is -1.24. The molecule has 2 aromatic carbocycles. The first kappa shape index (κ1) is 63.3. The molecular weight excluding hydrogens is 1030 g/mol. The van der Waals surface area contributed by atoms with E-state index in [4.69, 9.17) is 75.2 Å². The van der Waals surface area contributed by atoms with Crippen LogP contribution in [0, 0.1) is 54.3 Å². The van der Waals surface area contributed by atoms with Gasteiger partial charge in [0.2, 0.25) is 0 Å². The van der Waals surface area contributed by atoms with Gasteiger partial charge in [-0.25, -0.2) is 0 Å². The molecule has 0 spiro atoms. The molecule has 0 aliphatic carbocycles. The number of aliphatic hydroxyl groups is 1. The molecule has 5 fully saturated rings. The summed E-state index contributed by atoms with van der Waals surface area (Å²) in [6.07, 6.45) is -10.6. The summed E-state index contributed by atoms with van der Waals surface area (Å²) in [6.45, 7) is 21.4. The maximum absolute atomic E-state index is 13.1. The minimum absolute atomic E-state index is 0.0110. The lowest BCUT2D eigenvalue weighted by Gasteiger charge is -2.52. The summed E-state index contributed by atoms with van der Waals surface area (Å²) in [7, 11) is 3.98. The molecule has 5 aliphatic rings. The number of benzene rings is 2. The molecule has 1 N–H and O–H groups in total. The van der Waals surface area contributed by atoms with E-state index in [0.29, 0.717) is 13.2 Å². The minimum Gasteiger partial charge on any atom is -0.390 e. The van der Waals surface area contributed by atoms with Crippen molar-refractivity contribution in [1.82, 2.24) is 0 Å². The molecule has 25 atom stereocenters. The van der Waals surface area contributed by atoms with Gasteiger partial charge in [-0.2, -0.15) is 8.42 Å². The highest BCUT2D eigenvalue weighted by Crippen LogP contribution is 2.43. The molecule has 5 saturated heterocycles. The van der Waals surface area contributed by atoms with E-state index in [1.165, 1.54) is 12.1 Å². The Hall–Kier alpha value is -2.29. The smallest absolute Gasteiger partial charge is 0.297 e. The van der Waals surface area contributed by atoms with Crippen LogP contribution in [0.4, 0.5) is 0 Å². The first-order valence-electron chi connectivity index (χ1n) is 27.9. The molecule has 2 aromatic rings. The van der Waals surface area contributed by atoms with E-state index >= 15 is 0 Å². The first-order chi connectivity index (χ1) is 37.3. The number of rotatable bonds is 24. The highest BCUT2D eigenvalue weighted by atomic mass is 32.2. The van der Waals surface area contributed by atoms with Crippen LogP contribution in [0.15, 0.2) is 59.5 Å². The Labute approximate surface area is 464 Å². The quantitative estimate of drug-likeness (QED) is 0.111. The molecule has 0 saturated carbocycles. The predicted molar refractivity (Wildman–Crippen MR) is 285 cm³/mol. The van der Waals surface area contributed by atoms with E-state index in [0.717, 1.165) is 11.1 Å². The van der Waals surface area contributed by atoms with E-state index in [1.807, 2.05) is 58.0 Å². The van der Waals surface area contributed by atoms with E-state index in [2.05, 4.69) is 41.5 Å². The third-order valence-electron chi connectivity index (χ3n) is 17.5. The second-order valence-corrected chi connectivity index (χ2v) is 24.3. The van der Waals surface area contributed by atoms with Crippen LogP contribution in [-0.2, 0) is 92.0 Å². The zero-order valence-electron chi connectivity index (χ0n) is 48.6. The van der Waals surface area contributed by atoms with Crippen molar-refractivity contribution in [2.75, 3.05) is 68.6 Å². The van der Waals surface area contributed by atoms with Crippen LogP contribution in [0.3, 0.4) is 0 Å². The molecule has 20 heteroatoms. The summed E-state index contributed by atoms with van der Waals surface area (Å²) < 4.78 is 129. The van der Waals surface area contributed by atoms with Crippen molar-refractivity contribution in [3.05, 3.63) is 65.7 Å². The Morgan fingerprint density at radius 1 is 0.449 bits per heavy atom. The number of aliphatic hydroxyl groups excluding tert-OH is 1.